The van der Waals surface area contributed by atoms with Crippen LogP contribution >= 0.6 is 11.6 Å². The van der Waals surface area contributed by atoms with Crippen LogP contribution in [0.5, 0.6) is 0 Å². The number of ether oxygens (including phenoxy) is 2. The molecule has 0 saturated carbocycles. The second-order valence-corrected chi connectivity index (χ2v) is 6.25. The Morgan fingerprint density at radius 1 is 1.24 bits per heavy atom. The lowest BCUT2D eigenvalue weighted by Crippen LogP contribution is -2.31. The van der Waals surface area contributed by atoms with Crippen molar-refractivity contribution in [1.82, 2.24) is 9.97 Å². The molecule has 1 aliphatic heterocycles. The maximum absolute atomic E-state index is 13.5. The lowest BCUT2D eigenvalue weighted by atomic mass is 10.1. The Hall–Kier alpha value is -2.00. The summed E-state index contributed by atoms with van der Waals surface area (Å²) in [5.41, 5.74) is 1.20. The molecule has 0 bridgehead atoms. The van der Waals surface area contributed by atoms with Gasteiger partial charge in [-0.25, -0.2) is 14.4 Å². The normalized spacial score (nSPS) is 20.0. The zero-order valence-electron chi connectivity index (χ0n) is 13.8. The van der Waals surface area contributed by atoms with Crippen LogP contribution in [0.25, 0.3) is 11.4 Å². The highest BCUT2D eigenvalue weighted by Gasteiger charge is 2.19. The molecule has 0 amide bonds. The fraction of sp³-hybridized carbons (Fsp3) is 0.368. The molecule has 0 N–H and O–H groups in total. The zero-order valence-corrected chi connectivity index (χ0v) is 14.6. The average Bonchev–Trinajstić information content (AvgIpc) is 2.64. The Bertz CT molecular complexity index is 778. The molecule has 6 heteroatoms. The van der Waals surface area contributed by atoms with Crippen molar-refractivity contribution in [2.24, 2.45) is 5.92 Å². The topological polar surface area (TPSA) is 44.2 Å². The van der Waals surface area contributed by atoms with Crippen molar-refractivity contribution in [3.8, 4) is 23.2 Å². The van der Waals surface area contributed by atoms with Gasteiger partial charge in [0, 0.05) is 23.9 Å². The van der Waals surface area contributed by atoms with Crippen LogP contribution in [0.2, 0.25) is 5.02 Å². The number of hydrogen-bond donors (Lipinski definition) is 0. The van der Waals surface area contributed by atoms with Crippen LogP contribution in [0, 0.1) is 23.6 Å². The molecule has 130 valence electrons. The minimum absolute atomic E-state index is 0.0693. The van der Waals surface area contributed by atoms with Crippen molar-refractivity contribution in [1.29, 1.82) is 0 Å². The van der Waals surface area contributed by atoms with Gasteiger partial charge < -0.3 is 9.47 Å². The van der Waals surface area contributed by atoms with Gasteiger partial charge in [-0.15, -0.1) is 0 Å². The van der Waals surface area contributed by atoms with Gasteiger partial charge in [-0.05, 0) is 30.5 Å². The highest BCUT2D eigenvalue weighted by molar-refractivity contribution is 6.30. The smallest absolute Gasteiger partial charge is 0.222 e. The van der Waals surface area contributed by atoms with Crippen molar-refractivity contribution < 1.29 is 13.9 Å². The summed E-state index contributed by atoms with van der Waals surface area (Å²) < 4.78 is 24.7. The summed E-state index contributed by atoms with van der Waals surface area (Å²) in [6.07, 6.45) is 4.88. The number of rotatable bonds is 3. The first-order valence-electron chi connectivity index (χ1n) is 8.18. The third-order valence-corrected chi connectivity index (χ3v) is 4.13. The van der Waals surface area contributed by atoms with Crippen molar-refractivity contribution in [3.63, 3.8) is 0 Å². The van der Waals surface area contributed by atoms with Crippen molar-refractivity contribution in [2.75, 3.05) is 13.2 Å². The summed E-state index contributed by atoms with van der Waals surface area (Å²) >= 11 is 5.68. The Balaban J connectivity index is 1.63. The molecule has 1 saturated heterocycles. The van der Waals surface area contributed by atoms with E-state index in [1.807, 2.05) is 0 Å². The van der Waals surface area contributed by atoms with Crippen LogP contribution in [0.3, 0.4) is 0 Å². The second-order valence-electron chi connectivity index (χ2n) is 5.85. The Kier molecular flexibility index (Phi) is 5.98. The quantitative estimate of drug-likeness (QED) is 0.774. The molecule has 1 aromatic heterocycles. The highest BCUT2D eigenvalue weighted by atomic mass is 35.5. The van der Waals surface area contributed by atoms with E-state index in [0.717, 1.165) is 12.8 Å². The largest absolute Gasteiger partial charge is 0.342 e. The van der Waals surface area contributed by atoms with E-state index in [-0.39, 0.29) is 5.02 Å². The number of benzene rings is 1. The van der Waals surface area contributed by atoms with Crippen LogP contribution in [0.1, 0.15) is 25.3 Å². The minimum atomic E-state index is -0.516. The molecule has 1 aliphatic rings. The molecule has 1 fully saturated rings. The van der Waals surface area contributed by atoms with Gasteiger partial charge >= 0.3 is 0 Å². The van der Waals surface area contributed by atoms with Gasteiger partial charge in [-0.1, -0.05) is 30.9 Å². The van der Waals surface area contributed by atoms with Gasteiger partial charge in [0.1, 0.15) is 5.82 Å². The van der Waals surface area contributed by atoms with E-state index in [9.17, 15) is 4.39 Å². The number of nitrogens with zero attached hydrogens (tertiary/aromatic N) is 2. The molecule has 0 unspecified atom stereocenters. The molecule has 0 radical (unpaired) electrons. The molecular formula is C19H18ClFN2O2. The molecule has 3 rings (SSSR count). The number of hydrogen-bond acceptors (Lipinski definition) is 4. The molecule has 4 nitrogen and oxygen atoms in total. The maximum Gasteiger partial charge on any atom is 0.222 e. The van der Waals surface area contributed by atoms with E-state index in [2.05, 4.69) is 28.7 Å². The van der Waals surface area contributed by atoms with Gasteiger partial charge in [0.2, 0.25) is 6.29 Å². The van der Waals surface area contributed by atoms with E-state index in [0.29, 0.717) is 36.1 Å². The standard InChI is InChI=1S/C19H18ClFN2O2/c1-2-3-14-11-24-18(25-12-14)7-4-13-9-22-19(23-10-13)15-5-6-16(20)17(21)8-15/h5-6,8-10,14,18H,2-3,11-12H2,1H3/t14-,18-. The highest BCUT2D eigenvalue weighted by Crippen LogP contribution is 2.21. The van der Waals surface area contributed by atoms with Crippen LogP contribution < -0.4 is 0 Å². The SMILES string of the molecule is CCC[C@H]1CO[C@H](C#Cc2cnc(-c3ccc(Cl)c(F)c3)nc2)OC1. The van der Waals surface area contributed by atoms with Gasteiger partial charge in [0.15, 0.2) is 5.82 Å². The van der Waals surface area contributed by atoms with E-state index < -0.39 is 12.1 Å². The third kappa shape index (κ3) is 4.76. The van der Waals surface area contributed by atoms with Crippen LogP contribution in [0.4, 0.5) is 4.39 Å². The Labute approximate surface area is 151 Å². The van der Waals surface area contributed by atoms with Crippen LogP contribution in [-0.2, 0) is 9.47 Å². The van der Waals surface area contributed by atoms with E-state index in [1.165, 1.54) is 12.1 Å². The van der Waals surface area contributed by atoms with Crippen molar-refractivity contribution in [3.05, 3.63) is 47.0 Å². The van der Waals surface area contributed by atoms with E-state index in [4.69, 9.17) is 21.1 Å². The third-order valence-electron chi connectivity index (χ3n) is 3.83. The molecule has 2 aromatic rings. The minimum Gasteiger partial charge on any atom is -0.342 e. The lowest BCUT2D eigenvalue weighted by molar-refractivity contribution is -0.170. The summed E-state index contributed by atoms with van der Waals surface area (Å²) in [7, 11) is 0. The molecule has 25 heavy (non-hydrogen) atoms. The first-order valence-corrected chi connectivity index (χ1v) is 8.55. The van der Waals surface area contributed by atoms with Gasteiger partial charge in [0.25, 0.3) is 0 Å². The van der Waals surface area contributed by atoms with E-state index >= 15 is 0 Å². The second kappa shape index (κ2) is 8.39. The first kappa shape index (κ1) is 17.8. The summed E-state index contributed by atoms with van der Waals surface area (Å²) in [5.74, 6) is 6.22. The monoisotopic (exact) mass is 360 g/mol. The maximum atomic E-state index is 13.5. The summed E-state index contributed by atoms with van der Waals surface area (Å²) in [6.45, 7) is 3.49. The van der Waals surface area contributed by atoms with Crippen LogP contribution in [0.15, 0.2) is 30.6 Å². The Morgan fingerprint density at radius 3 is 2.60 bits per heavy atom. The van der Waals surface area contributed by atoms with Crippen molar-refractivity contribution in [2.45, 2.75) is 26.1 Å². The van der Waals surface area contributed by atoms with Gasteiger partial charge in [0.05, 0.1) is 23.8 Å². The molecule has 0 spiro atoms. The first-order chi connectivity index (χ1) is 12.2. The molecule has 0 aliphatic carbocycles. The van der Waals surface area contributed by atoms with Crippen molar-refractivity contribution >= 4 is 11.6 Å². The fourth-order valence-electron chi connectivity index (χ4n) is 2.52. The van der Waals surface area contributed by atoms with E-state index in [1.54, 1.807) is 18.5 Å². The fourth-order valence-corrected chi connectivity index (χ4v) is 2.64. The number of aromatic nitrogens is 2. The molecule has 2 heterocycles. The summed E-state index contributed by atoms with van der Waals surface area (Å²) in [5, 5.41) is 0.0693. The summed E-state index contributed by atoms with van der Waals surface area (Å²) in [4.78, 5) is 8.43. The van der Waals surface area contributed by atoms with Gasteiger partial charge in [-0.2, -0.15) is 0 Å². The predicted molar refractivity (Wildman–Crippen MR) is 93.4 cm³/mol. The number of halogens is 2. The zero-order chi connectivity index (χ0) is 17.6. The average molecular weight is 361 g/mol. The Morgan fingerprint density at radius 2 is 1.96 bits per heavy atom. The predicted octanol–water partition coefficient (Wildman–Crippen LogP) is 4.08. The van der Waals surface area contributed by atoms with Crippen LogP contribution in [-0.4, -0.2) is 29.5 Å². The molecule has 1 aromatic carbocycles. The molecule has 0 atom stereocenters. The summed E-state index contributed by atoms with van der Waals surface area (Å²) in [6, 6.07) is 4.45. The molecular weight excluding hydrogens is 343 g/mol. The van der Waals surface area contributed by atoms with Gasteiger partial charge in [-0.3, -0.25) is 0 Å². The lowest BCUT2D eigenvalue weighted by Gasteiger charge is -2.26.